The van der Waals surface area contributed by atoms with E-state index >= 15 is 0 Å². The van der Waals surface area contributed by atoms with Gasteiger partial charge in [-0.1, -0.05) is 45.5 Å². The van der Waals surface area contributed by atoms with Crippen LogP contribution < -0.4 is 9.77 Å². The number of halogens is 4. The maximum Gasteiger partial charge on any atom is 0.416 e. The number of alkyl halides is 3. The van der Waals surface area contributed by atoms with Crippen LogP contribution in [0, 0.1) is 29.6 Å². The fourth-order valence-corrected chi connectivity index (χ4v) is 10.3. The smallest absolute Gasteiger partial charge is 0.307 e. The Morgan fingerprint density at radius 3 is 2.38 bits per heavy atom. The summed E-state index contributed by atoms with van der Waals surface area (Å²) in [6.07, 6.45) is -3.85. The number of rotatable bonds is 2. The van der Waals surface area contributed by atoms with Gasteiger partial charge in [0.25, 0.3) is 0 Å². The number of aromatic amines is 1. The van der Waals surface area contributed by atoms with Gasteiger partial charge in [-0.2, -0.15) is 13.2 Å². The van der Waals surface area contributed by atoms with Crippen molar-refractivity contribution in [1.29, 1.82) is 0 Å². The summed E-state index contributed by atoms with van der Waals surface area (Å²) in [6.45, 7) is 0. The number of anilines is 1. The highest BCUT2D eigenvalue weighted by molar-refractivity contribution is 9.10. The Labute approximate surface area is 225 Å². The summed E-state index contributed by atoms with van der Waals surface area (Å²) in [5.74, 6) is -2.19. The second-order valence-electron chi connectivity index (χ2n) is 10.1. The number of carbonyl (C=O) groups excluding carboxylic acids is 2. The normalized spacial score (nSPS) is 32.0. The number of thioether (sulfide) groups is 1. The summed E-state index contributed by atoms with van der Waals surface area (Å²) in [5.41, 5.74) is 0.131. The average molecular weight is 607 g/mol. The summed E-state index contributed by atoms with van der Waals surface area (Å²) >= 11 is 6.25. The molecule has 0 radical (unpaired) electrons. The van der Waals surface area contributed by atoms with Gasteiger partial charge in [0.1, 0.15) is 0 Å². The number of thiazole rings is 1. The van der Waals surface area contributed by atoms with Gasteiger partial charge < -0.3 is 4.98 Å². The van der Waals surface area contributed by atoms with E-state index in [2.05, 4.69) is 20.9 Å². The molecule has 7 rings (SSSR count). The van der Waals surface area contributed by atoms with Gasteiger partial charge in [0, 0.05) is 20.5 Å². The number of imide groups is 1. The van der Waals surface area contributed by atoms with Crippen molar-refractivity contribution in [3.8, 4) is 0 Å². The molecule has 2 aliphatic heterocycles. The lowest BCUT2D eigenvalue weighted by Crippen LogP contribution is -2.42. The van der Waals surface area contributed by atoms with E-state index in [4.69, 9.17) is 0 Å². The van der Waals surface area contributed by atoms with Crippen LogP contribution in [0.5, 0.6) is 0 Å². The number of H-pyrrole nitrogens is 1. The largest absolute Gasteiger partial charge is 0.416 e. The molecular weight excluding hydrogens is 589 g/mol. The third-order valence-electron chi connectivity index (χ3n) is 8.38. The van der Waals surface area contributed by atoms with E-state index in [0.717, 1.165) is 43.4 Å². The summed E-state index contributed by atoms with van der Waals surface area (Å²) in [7, 11) is 0. The molecule has 1 saturated heterocycles. The van der Waals surface area contributed by atoms with Crippen LogP contribution in [0.4, 0.5) is 18.9 Å². The Kier molecular flexibility index (Phi) is 5.17. The van der Waals surface area contributed by atoms with Gasteiger partial charge in [-0.05, 0) is 60.1 Å². The third kappa shape index (κ3) is 3.39. The molecule has 2 amide bonds. The lowest BCUT2D eigenvalue weighted by molar-refractivity contribution is -0.137. The molecule has 11 heteroatoms. The zero-order valence-corrected chi connectivity index (χ0v) is 22.1. The van der Waals surface area contributed by atoms with Crippen molar-refractivity contribution in [1.82, 2.24) is 4.98 Å². The Morgan fingerprint density at radius 2 is 1.68 bits per heavy atom. The van der Waals surface area contributed by atoms with Crippen molar-refractivity contribution >= 4 is 56.5 Å². The quantitative estimate of drug-likeness (QED) is 0.369. The number of nitrogens with zero attached hydrogens (tertiary/aromatic N) is 1. The van der Waals surface area contributed by atoms with Crippen molar-refractivity contribution < 1.29 is 22.8 Å². The summed E-state index contributed by atoms with van der Waals surface area (Å²) in [5, 5.41) is 0.843. The van der Waals surface area contributed by atoms with Crippen LogP contribution in [-0.2, 0) is 15.8 Å². The number of hydrogen-bond acceptors (Lipinski definition) is 5. The van der Waals surface area contributed by atoms with Crippen LogP contribution in [0.25, 0.3) is 0 Å². The van der Waals surface area contributed by atoms with E-state index in [-0.39, 0.29) is 39.5 Å². The van der Waals surface area contributed by atoms with E-state index < -0.39 is 35.4 Å². The number of benzene rings is 2. The van der Waals surface area contributed by atoms with Gasteiger partial charge in [0.05, 0.1) is 28.1 Å². The molecule has 2 saturated carbocycles. The highest BCUT2D eigenvalue weighted by atomic mass is 79.9. The van der Waals surface area contributed by atoms with Crippen molar-refractivity contribution in [2.75, 3.05) is 4.90 Å². The van der Waals surface area contributed by atoms with E-state index in [0.29, 0.717) is 0 Å². The zero-order valence-electron chi connectivity index (χ0n) is 18.9. The minimum absolute atomic E-state index is 0.0239. The topological polar surface area (TPSA) is 70.2 Å². The summed E-state index contributed by atoms with van der Waals surface area (Å²) < 4.78 is 41.0. The Hall–Kier alpha value is -2.37. The van der Waals surface area contributed by atoms with Gasteiger partial charge >= 0.3 is 11.0 Å². The zero-order chi connectivity index (χ0) is 25.8. The maximum atomic E-state index is 13.7. The molecule has 0 spiro atoms. The molecule has 4 aliphatic rings. The predicted octanol–water partition coefficient (Wildman–Crippen LogP) is 5.90. The molecular formula is C26H18BrF3N2O3S2. The Bertz CT molecular complexity index is 1520. The number of hydrogen-bond donors (Lipinski definition) is 1. The van der Waals surface area contributed by atoms with Gasteiger partial charge in [-0.15, -0.1) is 11.8 Å². The van der Waals surface area contributed by atoms with E-state index in [1.165, 1.54) is 23.5 Å². The third-order valence-corrected chi connectivity index (χ3v) is 11.5. The molecule has 2 aromatic carbocycles. The second kappa shape index (κ2) is 8.07. The highest BCUT2D eigenvalue weighted by Gasteiger charge is 2.69. The number of amides is 2. The van der Waals surface area contributed by atoms with E-state index in [9.17, 15) is 27.6 Å². The standard InChI is InChI=1S/C26H18BrF3N2O3S2/c27-12-6-4-10(5-7-12)16-17-14-9-15(20(17)36-22-21(16)37-25(35)31-22)19-18(14)23(33)32(24(19)34)13-3-1-2-11(8-13)26(28,29)30/h1-8,14-20H,9H2,(H,31,35)/t14-,15-,16-,17-,18+,19-,20-/m1/s1. The van der Waals surface area contributed by atoms with Crippen LogP contribution in [0.15, 0.2) is 62.8 Å². The fraction of sp³-hybridized carbons (Fsp3) is 0.346. The first-order chi connectivity index (χ1) is 17.6. The SMILES string of the molecule is O=C1[C@@H]2[C@H]3C[C@@H]([C@@H]2C(=O)N1c1cccc(C(F)(F)F)c1)[C@@H]1[C@@H](c2ccc(Br)cc2)c2sc(=O)[nH]c2S[C@H]31. The first-order valence-corrected chi connectivity index (χ1v) is 14.3. The molecule has 5 nitrogen and oxygen atoms in total. The monoisotopic (exact) mass is 606 g/mol. The molecule has 3 aromatic rings. The number of nitrogens with one attached hydrogen (secondary N) is 1. The number of fused-ring (bicyclic) bond motifs is 9. The predicted molar refractivity (Wildman–Crippen MR) is 137 cm³/mol. The van der Waals surface area contributed by atoms with Crippen molar-refractivity contribution in [2.45, 2.75) is 28.8 Å². The van der Waals surface area contributed by atoms with Gasteiger partial charge in [-0.25, -0.2) is 0 Å². The van der Waals surface area contributed by atoms with E-state index in [1.54, 1.807) is 11.8 Å². The fourth-order valence-electron chi connectivity index (χ4n) is 7.14. The van der Waals surface area contributed by atoms with Gasteiger partial charge in [0.2, 0.25) is 11.8 Å². The minimum atomic E-state index is -4.57. The van der Waals surface area contributed by atoms with Crippen molar-refractivity contribution in [2.24, 2.45) is 29.6 Å². The molecule has 0 unspecified atom stereocenters. The molecule has 37 heavy (non-hydrogen) atoms. The van der Waals surface area contributed by atoms with Gasteiger partial charge in [-0.3, -0.25) is 19.3 Å². The molecule has 1 aromatic heterocycles. The molecule has 1 N–H and O–H groups in total. The van der Waals surface area contributed by atoms with Crippen LogP contribution in [0.1, 0.15) is 28.3 Å². The highest BCUT2D eigenvalue weighted by Crippen LogP contribution is 2.68. The molecule has 2 aliphatic carbocycles. The van der Waals surface area contributed by atoms with Crippen LogP contribution in [0.2, 0.25) is 0 Å². The summed E-state index contributed by atoms with van der Waals surface area (Å²) in [4.78, 5) is 44.4. The first kappa shape index (κ1) is 23.7. The lowest BCUT2D eigenvalue weighted by Gasteiger charge is -2.43. The number of aromatic nitrogens is 1. The van der Waals surface area contributed by atoms with Crippen LogP contribution in [-0.4, -0.2) is 22.0 Å². The van der Waals surface area contributed by atoms with E-state index in [1.807, 2.05) is 24.3 Å². The molecule has 7 atom stereocenters. The first-order valence-electron chi connectivity index (χ1n) is 11.8. The number of carbonyl (C=O) groups is 2. The second-order valence-corrected chi connectivity index (χ2v) is 13.2. The Morgan fingerprint density at radius 1 is 0.973 bits per heavy atom. The van der Waals surface area contributed by atoms with Crippen molar-refractivity contribution in [3.05, 3.63) is 78.7 Å². The average Bonchev–Trinajstić information content (AvgIpc) is 3.58. The molecule has 190 valence electrons. The van der Waals surface area contributed by atoms with Gasteiger partial charge in [0.15, 0.2) is 0 Å². The van der Waals surface area contributed by atoms with Crippen LogP contribution in [0.3, 0.4) is 0 Å². The lowest BCUT2D eigenvalue weighted by atomic mass is 9.68. The molecule has 3 fully saturated rings. The maximum absolute atomic E-state index is 13.7. The van der Waals surface area contributed by atoms with Crippen LogP contribution >= 0.6 is 39.0 Å². The molecule has 2 bridgehead atoms. The van der Waals surface area contributed by atoms with Crippen molar-refractivity contribution in [3.63, 3.8) is 0 Å². The minimum Gasteiger partial charge on any atom is -0.307 e. The Balaban J connectivity index is 1.30. The summed E-state index contributed by atoms with van der Waals surface area (Å²) in [6, 6.07) is 12.4. The molecule has 3 heterocycles.